The van der Waals surface area contributed by atoms with Gasteiger partial charge in [-0.15, -0.1) is 0 Å². The number of hydrogen-bond donors (Lipinski definition) is 2. The third-order valence-corrected chi connectivity index (χ3v) is 5.10. The van der Waals surface area contributed by atoms with E-state index in [1.54, 1.807) is 65.9 Å². The van der Waals surface area contributed by atoms with Crippen LogP contribution in [0.15, 0.2) is 90.1 Å². The van der Waals surface area contributed by atoms with Crippen molar-refractivity contribution < 1.29 is 9.59 Å². The SMILES string of the molecule is O=C(NCc1cccnc1-n1ccnc1)c1ccc(NC(=O)c2ccc(Br)cc2)cc1. The molecule has 7 nitrogen and oxygen atoms in total. The Labute approximate surface area is 187 Å². The predicted molar refractivity (Wildman–Crippen MR) is 121 cm³/mol. The van der Waals surface area contributed by atoms with Gasteiger partial charge in [-0.1, -0.05) is 22.0 Å². The van der Waals surface area contributed by atoms with E-state index in [0.717, 1.165) is 10.0 Å². The number of hydrogen-bond acceptors (Lipinski definition) is 4. The highest BCUT2D eigenvalue weighted by Crippen LogP contribution is 2.15. The second-order valence-corrected chi connectivity index (χ2v) is 7.59. The molecule has 0 bridgehead atoms. The van der Waals surface area contributed by atoms with Gasteiger partial charge >= 0.3 is 0 Å². The highest BCUT2D eigenvalue weighted by molar-refractivity contribution is 9.10. The van der Waals surface area contributed by atoms with E-state index >= 15 is 0 Å². The summed E-state index contributed by atoms with van der Waals surface area (Å²) in [6.07, 6.45) is 6.83. The Morgan fingerprint density at radius 1 is 0.903 bits per heavy atom. The maximum atomic E-state index is 12.6. The van der Waals surface area contributed by atoms with Gasteiger partial charge in [0, 0.05) is 52.0 Å². The van der Waals surface area contributed by atoms with Gasteiger partial charge in [-0.2, -0.15) is 0 Å². The van der Waals surface area contributed by atoms with Crippen LogP contribution in [-0.2, 0) is 6.54 Å². The number of nitrogens with one attached hydrogen (secondary N) is 2. The van der Waals surface area contributed by atoms with Crippen molar-refractivity contribution in [2.24, 2.45) is 0 Å². The van der Waals surface area contributed by atoms with E-state index in [4.69, 9.17) is 0 Å². The van der Waals surface area contributed by atoms with Crippen LogP contribution in [0.2, 0.25) is 0 Å². The molecule has 0 aliphatic rings. The average molecular weight is 476 g/mol. The number of anilines is 1. The summed E-state index contributed by atoms with van der Waals surface area (Å²) >= 11 is 3.35. The van der Waals surface area contributed by atoms with Crippen LogP contribution < -0.4 is 10.6 Å². The molecule has 2 aromatic carbocycles. The van der Waals surface area contributed by atoms with E-state index in [9.17, 15) is 9.59 Å². The Kier molecular flexibility index (Phi) is 6.18. The maximum absolute atomic E-state index is 12.6. The second kappa shape index (κ2) is 9.36. The molecule has 0 fully saturated rings. The minimum atomic E-state index is -0.216. The first-order chi connectivity index (χ1) is 15.1. The minimum Gasteiger partial charge on any atom is -0.348 e. The molecular formula is C23H18BrN5O2. The molecule has 8 heteroatoms. The Morgan fingerprint density at radius 2 is 1.61 bits per heavy atom. The Morgan fingerprint density at radius 3 is 2.32 bits per heavy atom. The number of nitrogens with zero attached hydrogens (tertiary/aromatic N) is 3. The minimum absolute atomic E-state index is 0.215. The molecule has 4 aromatic rings. The van der Waals surface area contributed by atoms with Crippen molar-refractivity contribution in [3.63, 3.8) is 0 Å². The number of carbonyl (C=O) groups is 2. The number of pyridine rings is 1. The van der Waals surface area contributed by atoms with Gasteiger partial charge in [0.2, 0.25) is 0 Å². The van der Waals surface area contributed by atoms with Gasteiger partial charge in [-0.3, -0.25) is 14.2 Å². The van der Waals surface area contributed by atoms with Gasteiger partial charge in [0.05, 0.1) is 0 Å². The fourth-order valence-electron chi connectivity index (χ4n) is 2.97. The van der Waals surface area contributed by atoms with Crippen LogP contribution in [0.1, 0.15) is 26.3 Å². The molecule has 0 aliphatic carbocycles. The standard InChI is InChI=1S/C23H18BrN5O2/c24-19-7-3-17(4-8-19)23(31)28-20-9-5-16(6-10-20)22(30)27-14-18-2-1-11-26-21(18)29-13-12-25-15-29/h1-13,15H,14H2,(H,27,30)(H,28,31). The average Bonchev–Trinajstić information content (AvgIpc) is 3.33. The normalized spacial score (nSPS) is 10.5. The van der Waals surface area contributed by atoms with Crippen LogP contribution in [-0.4, -0.2) is 26.3 Å². The zero-order valence-electron chi connectivity index (χ0n) is 16.3. The van der Waals surface area contributed by atoms with Crippen molar-refractivity contribution >= 4 is 33.4 Å². The first kappa shape index (κ1) is 20.5. The van der Waals surface area contributed by atoms with Gasteiger partial charge in [0.15, 0.2) is 0 Å². The highest BCUT2D eigenvalue weighted by Gasteiger charge is 2.10. The molecule has 0 unspecified atom stereocenters. The van der Waals surface area contributed by atoms with E-state index in [1.807, 2.05) is 24.3 Å². The lowest BCUT2D eigenvalue weighted by Crippen LogP contribution is -2.23. The van der Waals surface area contributed by atoms with E-state index in [2.05, 4.69) is 36.5 Å². The fourth-order valence-corrected chi connectivity index (χ4v) is 3.24. The third kappa shape index (κ3) is 5.04. The van der Waals surface area contributed by atoms with Crippen molar-refractivity contribution in [3.05, 3.63) is 107 Å². The largest absolute Gasteiger partial charge is 0.348 e. The van der Waals surface area contributed by atoms with Gasteiger partial charge in [0.1, 0.15) is 12.1 Å². The number of rotatable bonds is 6. The summed E-state index contributed by atoms with van der Waals surface area (Å²) in [5, 5.41) is 5.73. The second-order valence-electron chi connectivity index (χ2n) is 6.68. The highest BCUT2D eigenvalue weighted by atomic mass is 79.9. The molecule has 0 radical (unpaired) electrons. The van der Waals surface area contributed by atoms with E-state index < -0.39 is 0 Å². The molecule has 0 atom stereocenters. The first-order valence-electron chi connectivity index (χ1n) is 9.47. The number of benzene rings is 2. The zero-order valence-corrected chi connectivity index (χ0v) is 17.9. The Balaban J connectivity index is 1.38. The van der Waals surface area contributed by atoms with Crippen molar-refractivity contribution in [2.45, 2.75) is 6.54 Å². The van der Waals surface area contributed by atoms with Gasteiger partial charge in [-0.05, 0) is 54.6 Å². The van der Waals surface area contributed by atoms with Crippen molar-refractivity contribution in [1.82, 2.24) is 19.9 Å². The third-order valence-electron chi connectivity index (χ3n) is 4.57. The summed E-state index contributed by atoms with van der Waals surface area (Å²) in [6, 6.07) is 17.6. The zero-order chi connectivity index (χ0) is 21.6. The molecule has 0 saturated carbocycles. The summed E-state index contributed by atoms with van der Waals surface area (Å²) in [6.45, 7) is 0.322. The van der Waals surface area contributed by atoms with Gasteiger partial charge < -0.3 is 10.6 Å². The summed E-state index contributed by atoms with van der Waals surface area (Å²) in [4.78, 5) is 33.3. The van der Waals surface area contributed by atoms with Crippen LogP contribution in [0.25, 0.3) is 5.82 Å². The molecule has 31 heavy (non-hydrogen) atoms. The molecular weight excluding hydrogens is 458 g/mol. The molecule has 2 heterocycles. The maximum Gasteiger partial charge on any atom is 0.255 e. The van der Waals surface area contributed by atoms with Crippen LogP contribution in [0, 0.1) is 0 Å². The molecule has 0 aliphatic heterocycles. The lowest BCUT2D eigenvalue weighted by atomic mass is 10.1. The topological polar surface area (TPSA) is 88.9 Å². The van der Waals surface area contributed by atoms with Gasteiger partial charge in [0.25, 0.3) is 11.8 Å². The molecule has 2 amide bonds. The number of aromatic nitrogens is 3. The molecule has 0 spiro atoms. The fraction of sp³-hybridized carbons (Fsp3) is 0.0435. The molecule has 2 aromatic heterocycles. The molecule has 154 valence electrons. The van der Waals surface area contributed by atoms with E-state index in [1.165, 1.54) is 0 Å². The van der Waals surface area contributed by atoms with E-state index in [-0.39, 0.29) is 11.8 Å². The molecule has 0 saturated heterocycles. The molecule has 2 N–H and O–H groups in total. The summed E-state index contributed by atoms with van der Waals surface area (Å²) in [5.74, 6) is 0.283. The quantitative estimate of drug-likeness (QED) is 0.437. The van der Waals surface area contributed by atoms with Crippen molar-refractivity contribution in [1.29, 1.82) is 0 Å². The summed E-state index contributed by atoms with van der Waals surface area (Å²) in [5.41, 5.74) is 2.52. The Hall–Kier alpha value is -3.78. The number of carbonyl (C=O) groups excluding carboxylic acids is 2. The molecule has 4 rings (SSSR count). The van der Waals surface area contributed by atoms with Gasteiger partial charge in [-0.25, -0.2) is 9.97 Å². The van der Waals surface area contributed by atoms with Crippen LogP contribution in [0.5, 0.6) is 0 Å². The predicted octanol–water partition coefficient (Wildman–Crippen LogP) is 4.21. The smallest absolute Gasteiger partial charge is 0.255 e. The lowest BCUT2D eigenvalue weighted by Gasteiger charge is -2.11. The number of amides is 2. The van der Waals surface area contributed by atoms with Crippen LogP contribution in [0.3, 0.4) is 0 Å². The number of imidazole rings is 1. The van der Waals surface area contributed by atoms with Crippen molar-refractivity contribution in [2.75, 3.05) is 5.32 Å². The van der Waals surface area contributed by atoms with Crippen LogP contribution >= 0.6 is 15.9 Å². The monoisotopic (exact) mass is 475 g/mol. The Bertz CT molecular complexity index is 1190. The summed E-state index contributed by atoms with van der Waals surface area (Å²) < 4.78 is 2.70. The number of halogens is 1. The van der Waals surface area contributed by atoms with E-state index in [0.29, 0.717) is 29.2 Å². The first-order valence-corrected chi connectivity index (χ1v) is 10.3. The van der Waals surface area contributed by atoms with Crippen molar-refractivity contribution in [3.8, 4) is 5.82 Å². The lowest BCUT2D eigenvalue weighted by molar-refractivity contribution is 0.0950. The van der Waals surface area contributed by atoms with Crippen LogP contribution in [0.4, 0.5) is 5.69 Å². The summed E-state index contributed by atoms with van der Waals surface area (Å²) in [7, 11) is 0.